The van der Waals surface area contributed by atoms with Crippen molar-refractivity contribution in [3.05, 3.63) is 42.4 Å². The molecule has 0 spiro atoms. The first-order chi connectivity index (χ1) is 14.9. The number of H-pyrrole nitrogens is 1. The number of aromatic amines is 1. The standard InChI is InChI=1S/C23H29N7O/c1-14(2)10-19(29-22(31)21-27-17-6-4-5-7-18(17)28-21)20-26-13-23(12-24,30-20)11-16-8-9-25-15(16)3/h4-7,14,16,19,25H,3,8-11,13H2,1-2H3,(H,26,30)(H,27,28)(H,29,31)/t16?,19?,23-/m1/s1. The van der Waals surface area contributed by atoms with Crippen LogP contribution in [-0.4, -0.2) is 46.4 Å². The number of aliphatic imine (C=N–C) groups is 1. The smallest absolute Gasteiger partial charge is 0.287 e. The maximum absolute atomic E-state index is 12.9. The number of nitrogens with zero attached hydrogens (tertiary/aromatic N) is 3. The van der Waals surface area contributed by atoms with Crippen molar-refractivity contribution in [1.82, 2.24) is 25.9 Å². The van der Waals surface area contributed by atoms with Gasteiger partial charge in [-0.15, -0.1) is 0 Å². The van der Waals surface area contributed by atoms with Gasteiger partial charge < -0.3 is 20.9 Å². The lowest BCUT2D eigenvalue weighted by Crippen LogP contribution is -2.53. The number of nitrogens with one attached hydrogen (secondary N) is 4. The van der Waals surface area contributed by atoms with Crippen LogP contribution in [-0.2, 0) is 0 Å². The molecule has 162 valence electrons. The molecule has 3 heterocycles. The predicted molar refractivity (Wildman–Crippen MR) is 120 cm³/mol. The number of carbonyl (C=O) groups is 1. The molecular formula is C23H29N7O. The SMILES string of the molecule is C=C1NCCC1C[C@@]1(C#N)CN=C(C(CC(C)C)NC(=O)c2nc3ccccc3[nH]2)N1. The van der Waals surface area contributed by atoms with Crippen molar-refractivity contribution in [3.63, 3.8) is 0 Å². The maximum Gasteiger partial charge on any atom is 0.287 e. The van der Waals surface area contributed by atoms with Crippen molar-refractivity contribution >= 4 is 22.8 Å². The van der Waals surface area contributed by atoms with Crippen LogP contribution in [0, 0.1) is 23.2 Å². The van der Waals surface area contributed by atoms with Gasteiger partial charge in [0.15, 0.2) is 5.82 Å². The van der Waals surface area contributed by atoms with E-state index in [1.807, 2.05) is 24.3 Å². The second kappa shape index (κ2) is 8.42. The fraction of sp³-hybridized carbons (Fsp3) is 0.478. The van der Waals surface area contributed by atoms with E-state index >= 15 is 0 Å². The highest BCUT2D eigenvalue weighted by Gasteiger charge is 2.41. The fourth-order valence-corrected chi connectivity index (χ4v) is 4.33. The van der Waals surface area contributed by atoms with Crippen molar-refractivity contribution in [3.8, 4) is 6.07 Å². The number of amides is 1. The Kier molecular flexibility index (Phi) is 5.68. The Morgan fingerprint density at radius 3 is 2.90 bits per heavy atom. The van der Waals surface area contributed by atoms with E-state index in [1.54, 1.807) is 0 Å². The molecule has 1 saturated heterocycles. The Labute approximate surface area is 182 Å². The monoisotopic (exact) mass is 419 g/mol. The zero-order chi connectivity index (χ0) is 22.0. The summed E-state index contributed by atoms with van der Waals surface area (Å²) in [6.07, 6.45) is 2.32. The van der Waals surface area contributed by atoms with Crippen LogP contribution in [0.25, 0.3) is 11.0 Å². The van der Waals surface area contributed by atoms with Gasteiger partial charge in [-0.25, -0.2) is 4.98 Å². The summed E-state index contributed by atoms with van der Waals surface area (Å²) in [6, 6.07) is 9.66. The number of para-hydroxylation sites is 2. The summed E-state index contributed by atoms with van der Waals surface area (Å²) < 4.78 is 0. The highest BCUT2D eigenvalue weighted by atomic mass is 16.2. The first-order valence-corrected chi connectivity index (χ1v) is 10.8. The predicted octanol–water partition coefficient (Wildman–Crippen LogP) is 2.48. The molecule has 1 aromatic carbocycles. The number of rotatable bonds is 7. The Balaban J connectivity index is 1.49. The highest BCUT2D eigenvalue weighted by Crippen LogP contribution is 2.30. The van der Waals surface area contributed by atoms with Gasteiger partial charge in [0, 0.05) is 18.2 Å². The van der Waals surface area contributed by atoms with Gasteiger partial charge in [-0.1, -0.05) is 32.6 Å². The second-order valence-corrected chi connectivity index (χ2v) is 8.92. The summed E-state index contributed by atoms with van der Waals surface area (Å²) in [4.78, 5) is 25.1. The maximum atomic E-state index is 12.9. The van der Waals surface area contributed by atoms with Crippen molar-refractivity contribution in [2.45, 2.75) is 44.7 Å². The van der Waals surface area contributed by atoms with Gasteiger partial charge in [0.05, 0.1) is 29.7 Å². The van der Waals surface area contributed by atoms with Gasteiger partial charge in [-0.3, -0.25) is 9.79 Å². The summed E-state index contributed by atoms with van der Waals surface area (Å²) in [6.45, 7) is 9.54. The summed E-state index contributed by atoms with van der Waals surface area (Å²) in [5, 5.41) is 19.6. The van der Waals surface area contributed by atoms with E-state index in [4.69, 9.17) is 0 Å². The number of benzene rings is 1. The van der Waals surface area contributed by atoms with Gasteiger partial charge in [-0.2, -0.15) is 5.26 Å². The van der Waals surface area contributed by atoms with Crippen LogP contribution in [0.3, 0.4) is 0 Å². The quantitative estimate of drug-likeness (QED) is 0.550. The molecule has 0 bridgehead atoms. The molecule has 8 heteroatoms. The molecule has 31 heavy (non-hydrogen) atoms. The first kappa shape index (κ1) is 20.9. The largest absolute Gasteiger partial charge is 0.389 e. The molecule has 4 rings (SSSR count). The van der Waals surface area contributed by atoms with Crippen LogP contribution in [0.5, 0.6) is 0 Å². The first-order valence-electron chi connectivity index (χ1n) is 10.8. The van der Waals surface area contributed by atoms with Crippen LogP contribution < -0.4 is 16.0 Å². The average Bonchev–Trinajstić information content (AvgIpc) is 3.46. The van der Waals surface area contributed by atoms with Crippen molar-refractivity contribution < 1.29 is 4.79 Å². The minimum atomic E-state index is -0.770. The third kappa shape index (κ3) is 4.41. The topological polar surface area (TPSA) is 118 Å². The summed E-state index contributed by atoms with van der Waals surface area (Å²) in [5.74, 6) is 1.23. The van der Waals surface area contributed by atoms with Crippen LogP contribution in [0.1, 0.15) is 43.7 Å². The van der Waals surface area contributed by atoms with Gasteiger partial charge in [-0.05, 0) is 37.3 Å². The van der Waals surface area contributed by atoms with E-state index in [0.29, 0.717) is 31.1 Å². The number of fused-ring (bicyclic) bond motifs is 1. The minimum absolute atomic E-state index is 0.246. The fourth-order valence-electron chi connectivity index (χ4n) is 4.33. The van der Waals surface area contributed by atoms with E-state index in [1.165, 1.54) is 0 Å². The van der Waals surface area contributed by atoms with Crippen molar-refractivity contribution in [2.24, 2.45) is 16.8 Å². The van der Waals surface area contributed by atoms with Gasteiger partial charge in [0.1, 0.15) is 11.4 Å². The molecule has 4 N–H and O–H groups in total. The summed E-state index contributed by atoms with van der Waals surface area (Å²) >= 11 is 0. The summed E-state index contributed by atoms with van der Waals surface area (Å²) in [7, 11) is 0. The highest BCUT2D eigenvalue weighted by molar-refractivity contribution is 5.99. The average molecular weight is 420 g/mol. The lowest BCUT2D eigenvalue weighted by atomic mass is 9.87. The number of hydrogen-bond donors (Lipinski definition) is 4. The molecular weight excluding hydrogens is 390 g/mol. The van der Waals surface area contributed by atoms with E-state index in [2.05, 4.69) is 57.4 Å². The lowest BCUT2D eigenvalue weighted by Gasteiger charge is -2.28. The van der Waals surface area contributed by atoms with Crippen LogP contribution in [0.2, 0.25) is 0 Å². The molecule has 0 saturated carbocycles. The Hall–Kier alpha value is -3.34. The molecule has 1 fully saturated rings. The number of nitriles is 1. The summed E-state index contributed by atoms with van der Waals surface area (Å²) in [5.41, 5.74) is 1.78. The third-order valence-corrected chi connectivity index (χ3v) is 5.98. The second-order valence-electron chi connectivity index (χ2n) is 8.92. The van der Waals surface area contributed by atoms with E-state index in [0.717, 1.165) is 29.7 Å². The third-order valence-electron chi connectivity index (χ3n) is 5.98. The van der Waals surface area contributed by atoms with Crippen molar-refractivity contribution in [2.75, 3.05) is 13.1 Å². The van der Waals surface area contributed by atoms with Gasteiger partial charge in [0.2, 0.25) is 0 Å². The molecule has 0 radical (unpaired) electrons. The molecule has 2 aliphatic heterocycles. The number of aromatic nitrogens is 2. The van der Waals surface area contributed by atoms with Crippen molar-refractivity contribution in [1.29, 1.82) is 5.26 Å². The van der Waals surface area contributed by atoms with E-state index < -0.39 is 5.54 Å². The molecule has 0 aliphatic carbocycles. The van der Waals surface area contributed by atoms with Crippen LogP contribution >= 0.6 is 0 Å². The molecule has 2 unspecified atom stereocenters. The Morgan fingerprint density at radius 2 is 2.23 bits per heavy atom. The molecule has 2 aromatic rings. The van der Waals surface area contributed by atoms with Crippen LogP contribution in [0.4, 0.5) is 0 Å². The lowest BCUT2D eigenvalue weighted by molar-refractivity contribution is 0.0934. The molecule has 1 amide bonds. The Morgan fingerprint density at radius 1 is 1.42 bits per heavy atom. The number of hydrogen-bond acceptors (Lipinski definition) is 6. The van der Waals surface area contributed by atoms with Gasteiger partial charge >= 0.3 is 0 Å². The number of allylic oxidation sites excluding steroid dienone is 1. The normalized spacial score (nSPS) is 23.9. The zero-order valence-corrected chi connectivity index (χ0v) is 18.0. The van der Waals surface area contributed by atoms with Gasteiger partial charge in [0.25, 0.3) is 5.91 Å². The van der Waals surface area contributed by atoms with E-state index in [-0.39, 0.29) is 23.7 Å². The Bertz CT molecular complexity index is 1030. The molecule has 8 nitrogen and oxygen atoms in total. The molecule has 3 atom stereocenters. The number of imidazole rings is 1. The van der Waals surface area contributed by atoms with Crippen LogP contribution in [0.15, 0.2) is 41.5 Å². The number of amidine groups is 1. The number of carbonyl (C=O) groups excluding carboxylic acids is 1. The minimum Gasteiger partial charge on any atom is -0.389 e. The molecule has 2 aliphatic rings. The van der Waals surface area contributed by atoms with E-state index in [9.17, 15) is 10.1 Å². The zero-order valence-electron chi connectivity index (χ0n) is 18.0. The molecule has 1 aromatic heterocycles.